The number of rotatable bonds is 3. The van der Waals surface area contributed by atoms with Crippen LogP contribution in [-0.4, -0.2) is 38.9 Å². The Bertz CT molecular complexity index is 702. The van der Waals surface area contributed by atoms with Crippen LogP contribution in [0.15, 0.2) is 18.5 Å². The molecule has 2 aromatic heterocycles. The molecule has 0 radical (unpaired) electrons. The van der Waals surface area contributed by atoms with Gasteiger partial charge in [0.1, 0.15) is 5.60 Å². The predicted octanol–water partition coefficient (Wildman–Crippen LogP) is 2.25. The number of ether oxygens (including phenoxy) is 2. The Hall–Kier alpha value is -2.64. The zero-order chi connectivity index (χ0) is 16.3. The van der Waals surface area contributed by atoms with Gasteiger partial charge in [-0.1, -0.05) is 0 Å². The first-order valence-electron chi connectivity index (χ1n) is 6.81. The molecule has 0 aromatic carbocycles. The third kappa shape index (κ3) is 3.72. The quantitative estimate of drug-likeness (QED) is 0.874. The number of fused-ring (bicyclic) bond motifs is 1. The Morgan fingerprint density at radius 1 is 1.36 bits per heavy atom. The third-order valence-corrected chi connectivity index (χ3v) is 2.48. The van der Waals surface area contributed by atoms with E-state index in [2.05, 4.69) is 15.4 Å². The molecule has 22 heavy (non-hydrogen) atoms. The maximum absolute atomic E-state index is 11.8. The number of nitrogens with one attached hydrogen (secondary N) is 1. The van der Waals surface area contributed by atoms with Gasteiger partial charge in [0.05, 0.1) is 24.7 Å². The van der Waals surface area contributed by atoms with E-state index in [4.69, 9.17) is 9.47 Å². The Balaban J connectivity index is 2.27. The summed E-state index contributed by atoms with van der Waals surface area (Å²) in [5, 5.41) is 6.63. The molecule has 0 bridgehead atoms. The summed E-state index contributed by atoms with van der Waals surface area (Å²) in [4.78, 5) is 27.7. The molecule has 1 N–H and O–H groups in total. The van der Waals surface area contributed by atoms with Crippen LogP contribution in [-0.2, 0) is 9.47 Å². The molecule has 118 valence electrons. The smallest absolute Gasteiger partial charge is 0.412 e. The molecule has 0 unspecified atom stereocenters. The third-order valence-electron chi connectivity index (χ3n) is 2.48. The largest absolute Gasteiger partial charge is 0.461 e. The van der Waals surface area contributed by atoms with Crippen molar-refractivity contribution in [2.75, 3.05) is 11.9 Å². The van der Waals surface area contributed by atoms with Gasteiger partial charge in [-0.25, -0.2) is 19.1 Å². The summed E-state index contributed by atoms with van der Waals surface area (Å²) in [5.74, 6) is -0.545. The summed E-state index contributed by atoms with van der Waals surface area (Å²) in [6.07, 6.45) is 2.31. The van der Waals surface area contributed by atoms with Crippen LogP contribution < -0.4 is 5.32 Å². The summed E-state index contributed by atoms with van der Waals surface area (Å²) in [6, 6.07) is 1.57. The van der Waals surface area contributed by atoms with Crippen molar-refractivity contribution in [2.45, 2.75) is 33.3 Å². The molecule has 2 aromatic rings. The fourth-order valence-corrected chi connectivity index (χ4v) is 1.71. The molecule has 0 saturated carbocycles. The molecule has 8 heteroatoms. The van der Waals surface area contributed by atoms with E-state index in [0.29, 0.717) is 11.3 Å². The summed E-state index contributed by atoms with van der Waals surface area (Å²) < 4.78 is 11.5. The minimum Gasteiger partial charge on any atom is -0.461 e. The standard InChI is InChI=1S/C14H18N4O4/c1-5-21-12(19)10-8-18-11(16-10)9(6-7-15-18)17-13(20)22-14(2,3)4/h6-8H,5H2,1-4H3,(H,17,20). The van der Waals surface area contributed by atoms with Gasteiger partial charge in [-0.2, -0.15) is 5.10 Å². The van der Waals surface area contributed by atoms with Gasteiger partial charge in [0.15, 0.2) is 11.3 Å². The van der Waals surface area contributed by atoms with Crippen molar-refractivity contribution in [3.05, 3.63) is 24.2 Å². The van der Waals surface area contributed by atoms with Crippen molar-refractivity contribution in [3.8, 4) is 0 Å². The van der Waals surface area contributed by atoms with E-state index >= 15 is 0 Å². The van der Waals surface area contributed by atoms with Crippen molar-refractivity contribution in [2.24, 2.45) is 0 Å². The lowest BCUT2D eigenvalue weighted by atomic mass is 10.2. The van der Waals surface area contributed by atoms with Gasteiger partial charge in [-0.05, 0) is 33.8 Å². The predicted molar refractivity (Wildman–Crippen MR) is 78.8 cm³/mol. The summed E-state index contributed by atoms with van der Waals surface area (Å²) in [5.41, 5.74) is 0.225. The number of aromatic nitrogens is 3. The highest BCUT2D eigenvalue weighted by molar-refractivity contribution is 5.92. The number of esters is 1. The average molecular weight is 306 g/mol. The summed E-state index contributed by atoms with van der Waals surface area (Å²) in [6.45, 7) is 7.26. The normalized spacial score (nSPS) is 11.3. The fraction of sp³-hybridized carbons (Fsp3) is 0.429. The van der Waals surface area contributed by atoms with Gasteiger partial charge in [-0.3, -0.25) is 5.32 Å². The molecule has 0 aliphatic rings. The Morgan fingerprint density at radius 3 is 2.73 bits per heavy atom. The maximum atomic E-state index is 11.8. The molecule has 2 rings (SSSR count). The zero-order valence-electron chi connectivity index (χ0n) is 12.9. The van der Waals surface area contributed by atoms with E-state index in [-0.39, 0.29) is 12.3 Å². The molecule has 8 nitrogen and oxygen atoms in total. The number of carbonyl (C=O) groups is 2. The first-order valence-corrected chi connectivity index (χ1v) is 6.81. The van der Waals surface area contributed by atoms with Crippen molar-refractivity contribution in [3.63, 3.8) is 0 Å². The van der Waals surface area contributed by atoms with Crippen LogP contribution in [0.2, 0.25) is 0 Å². The number of anilines is 1. The van der Waals surface area contributed by atoms with E-state index in [1.807, 2.05) is 0 Å². The molecule has 1 amide bonds. The average Bonchev–Trinajstić information content (AvgIpc) is 2.82. The molecule has 0 fully saturated rings. The maximum Gasteiger partial charge on any atom is 0.412 e. The molecule has 0 saturated heterocycles. The first kappa shape index (κ1) is 15.7. The van der Waals surface area contributed by atoms with Crippen LogP contribution in [0.25, 0.3) is 5.65 Å². The van der Waals surface area contributed by atoms with E-state index in [0.717, 1.165) is 0 Å². The lowest BCUT2D eigenvalue weighted by Crippen LogP contribution is -2.27. The van der Waals surface area contributed by atoms with Crippen LogP contribution in [0.3, 0.4) is 0 Å². The zero-order valence-corrected chi connectivity index (χ0v) is 12.9. The topological polar surface area (TPSA) is 94.8 Å². The molecule has 2 heterocycles. The molecule has 0 aliphatic heterocycles. The molecule has 0 aliphatic carbocycles. The second-order valence-electron chi connectivity index (χ2n) is 5.49. The van der Waals surface area contributed by atoms with Gasteiger partial charge in [0, 0.05) is 0 Å². The summed E-state index contributed by atoms with van der Waals surface area (Å²) in [7, 11) is 0. The first-order chi connectivity index (χ1) is 10.3. The molecular formula is C14H18N4O4. The van der Waals surface area contributed by atoms with Crippen LogP contribution >= 0.6 is 0 Å². The van der Waals surface area contributed by atoms with E-state index in [1.54, 1.807) is 33.8 Å². The van der Waals surface area contributed by atoms with Crippen LogP contribution in [0.1, 0.15) is 38.2 Å². The van der Waals surface area contributed by atoms with Crippen molar-refractivity contribution >= 4 is 23.4 Å². The number of amides is 1. The van der Waals surface area contributed by atoms with Crippen molar-refractivity contribution in [1.29, 1.82) is 0 Å². The Kier molecular flexibility index (Phi) is 4.30. The second-order valence-corrected chi connectivity index (χ2v) is 5.49. The SMILES string of the molecule is CCOC(=O)c1cn2nccc(NC(=O)OC(C)(C)C)c2n1. The molecular weight excluding hydrogens is 288 g/mol. The van der Waals surface area contributed by atoms with Crippen LogP contribution in [0.4, 0.5) is 10.5 Å². The fourth-order valence-electron chi connectivity index (χ4n) is 1.71. The second kappa shape index (κ2) is 6.00. The molecule has 0 spiro atoms. The highest BCUT2D eigenvalue weighted by atomic mass is 16.6. The minimum absolute atomic E-state index is 0.118. The number of carbonyl (C=O) groups excluding carboxylic acids is 2. The molecule has 0 atom stereocenters. The van der Waals surface area contributed by atoms with Crippen LogP contribution in [0, 0.1) is 0 Å². The Morgan fingerprint density at radius 2 is 2.09 bits per heavy atom. The van der Waals surface area contributed by atoms with Crippen LogP contribution in [0.5, 0.6) is 0 Å². The number of nitrogens with zero attached hydrogens (tertiary/aromatic N) is 3. The van der Waals surface area contributed by atoms with E-state index in [1.165, 1.54) is 16.9 Å². The highest BCUT2D eigenvalue weighted by Gasteiger charge is 2.19. The van der Waals surface area contributed by atoms with Gasteiger partial charge in [0.25, 0.3) is 0 Å². The highest BCUT2D eigenvalue weighted by Crippen LogP contribution is 2.17. The van der Waals surface area contributed by atoms with Crippen molar-refractivity contribution in [1.82, 2.24) is 14.6 Å². The number of imidazole rings is 1. The minimum atomic E-state index is -0.612. The van der Waals surface area contributed by atoms with Gasteiger partial charge in [-0.15, -0.1) is 0 Å². The van der Waals surface area contributed by atoms with E-state index in [9.17, 15) is 9.59 Å². The monoisotopic (exact) mass is 306 g/mol. The summed E-state index contributed by atoms with van der Waals surface area (Å²) >= 11 is 0. The lowest BCUT2D eigenvalue weighted by molar-refractivity contribution is 0.0519. The van der Waals surface area contributed by atoms with Crippen molar-refractivity contribution < 1.29 is 19.1 Å². The Labute approximate surface area is 127 Å². The van der Waals surface area contributed by atoms with E-state index < -0.39 is 17.7 Å². The van der Waals surface area contributed by atoms with Gasteiger partial charge < -0.3 is 9.47 Å². The van der Waals surface area contributed by atoms with Gasteiger partial charge >= 0.3 is 12.1 Å². The number of hydrogen-bond donors (Lipinski definition) is 1. The number of hydrogen-bond acceptors (Lipinski definition) is 6. The lowest BCUT2D eigenvalue weighted by Gasteiger charge is -2.19. The van der Waals surface area contributed by atoms with Gasteiger partial charge in [0.2, 0.25) is 0 Å².